The first-order chi connectivity index (χ1) is 14.1. The van der Waals surface area contributed by atoms with Crippen molar-refractivity contribution in [2.75, 3.05) is 39.3 Å². The maximum atomic E-state index is 12.4. The van der Waals surface area contributed by atoms with Gasteiger partial charge in [0.05, 0.1) is 17.8 Å². The van der Waals surface area contributed by atoms with Gasteiger partial charge in [0.25, 0.3) is 5.91 Å². The second kappa shape index (κ2) is 12.0. The third-order valence-electron chi connectivity index (χ3n) is 4.60. The maximum absolute atomic E-state index is 12.4. The summed E-state index contributed by atoms with van der Waals surface area (Å²) in [5.74, 6) is 1.79. The number of hydrogen-bond acceptors (Lipinski definition) is 4. The van der Waals surface area contributed by atoms with Gasteiger partial charge < -0.3 is 24.3 Å². The molecule has 0 radical (unpaired) electrons. The number of hydrogen-bond donors (Lipinski definition) is 1. The van der Waals surface area contributed by atoms with Crippen LogP contribution < -0.4 is 10.1 Å². The van der Waals surface area contributed by atoms with Crippen molar-refractivity contribution in [3.63, 3.8) is 0 Å². The van der Waals surface area contributed by atoms with Gasteiger partial charge in [0, 0.05) is 32.7 Å². The van der Waals surface area contributed by atoms with Gasteiger partial charge in [0.15, 0.2) is 11.7 Å². The Hall–Kier alpha value is -1.94. The molecule has 164 valence electrons. The Balaban J connectivity index is 0.00000320. The predicted octanol–water partition coefficient (Wildman–Crippen LogP) is 3.74. The zero-order valence-electron chi connectivity index (χ0n) is 17.2. The summed E-state index contributed by atoms with van der Waals surface area (Å²) in [4.78, 5) is 21.1. The summed E-state index contributed by atoms with van der Waals surface area (Å²) in [6, 6.07) is 10.8. The fourth-order valence-electron chi connectivity index (χ4n) is 3.11. The summed E-state index contributed by atoms with van der Waals surface area (Å²) in [5.41, 5.74) is 0. The number of nitrogens with zero attached hydrogens (tertiary/aromatic N) is 3. The summed E-state index contributed by atoms with van der Waals surface area (Å²) in [7, 11) is 0. The molecule has 0 bridgehead atoms. The molecule has 1 amide bonds. The van der Waals surface area contributed by atoms with E-state index in [0.717, 1.165) is 12.5 Å². The monoisotopic (exact) mass is 546 g/mol. The molecule has 1 aromatic carbocycles. The van der Waals surface area contributed by atoms with Gasteiger partial charge in [0.2, 0.25) is 0 Å². The molecular weight excluding hydrogens is 519 g/mol. The maximum Gasteiger partial charge on any atom is 0.289 e. The summed E-state index contributed by atoms with van der Waals surface area (Å²) in [5, 5.41) is 3.92. The molecule has 1 aliphatic rings. The van der Waals surface area contributed by atoms with Crippen LogP contribution in [-0.4, -0.2) is 67.0 Å². The topological polar surface area (TPSA) is 70.3 Å². The van der Waals surface area contributed by atoms with Crippen LogP contribution in [-0.2, 0) is 0 Å². The molecule has 30 heavy (non-hydrogen) atoms. The minimum Gasteiger partial charge on any atom is -0.487 e. The highest BCUT2D eigenvalue weighted by Crippen LogP contribution is 2.24. The number of piperazine rings is 1. The van der Waals surface area contributed by atoms with Crippen LogP contribution in [0.2, 0.25) is 5.02 Å². The number of halogens is 2. The van der Waals surface area contributed by atoms with E-state index in [2.05, 4.69) is 10.2 Å². The van der Waals surface area contributed by atoms with Crippen LogP contribution in [0.3, 0.4) is 0 Å². The van der Waals surface area contributed by atoms with E-state index < -0.39 is 0 Å². The van der Waals surface area contributed by atoms with E-state index in [1.807, 2.05) is 36.9 Å². The van der Waals surface area contributed by atoms with Gasteiger partial charge in [-0.1, -0.05) is 23.7 Å². The Morgan fingerprint density at radius 3 is 2.53 bits per heavy atom. The Kier molecular flexibility index (Phi) is 9.77. The normalized spacial score (nSPS) is 15.4. The Morgan fingerprint density at radius 2 is 1.90 bits per heavy atom. The first-order valence-corrected chi connectivity index (χ1v) is 10.2. The lowest BCUT2D eigenvalue weighted by Gasteiger charge is -2.36. The molecule has 2 aromatic rings. The molecule has 2 heterocycles. The zero-order chi connectivity index (χ0) is 20.6. The fourth-order valence-corrected chi connectivity index (χ4v) is 3.29. The second-order valence-electron chi connectivity index (χ2n) is 6.81. The first-order valence-electron chi connectivity index (χ1n) is 9.85. The molecule has 3 rings (SSSR count). The smallest absolute Gasteiger partial charge is 0.289 e. The van der Waals surface area contributed by atoms with E-state index in [4.69, 9.17) is 25.7 Å². The van der Waals surface area contributed by atoms with Gasteiger partial charge in [-0.15, -0.1) is 24.0 Å². The van der Waals surface area contributed by atoms with Gasteiger partial charge in [-0.25, -0.2) is 4.99 Å². The number of ether oxygens (including phenoxy) is 1. The highest BCUT2D eigenvalue weighted by atomic mass is 127. The zero-order valence-corrected chi connectivity index (χ0v) is 20.3. The van der Waals surface area contributed by atoms with Crippen molar-refractivity contribution in [2.45, 2.75) is 20.0 Å². The van der Waals surface area contributed by atoms with Crippen molar-refractivity contribution in [3.05, 3.63) is 53.4 Å². The molecule has 1 fully saturated rings. The molecule has 1 N–H and O–H groups in total. The Morgan fingerprint density at radius 1 is 1.20 bits per heavy atom. The van der Waals surface area contributed by atoms with Gasteiger partial charge >= 0.3 is 0 Å². The number of rotatable bonds is 6. The number of carbonyl (C=O) groups excluding carboxylic acids is 1. The Bertz CT molecular complexity index is 823. The van der Waals surface area contributed by atoms with Crippen molar-refractivity contribution < 1.29 is 13.9 Å². The van der Waals surface area contributed by atoms with Crippen LogP contribution in [0, 0.1) is 0 Å². The second-order valence-corrected chi connectivity index (χ2v) is 7.22. The van der Waals surface area contributed by atoms with Gasteiger partial charge in [0.1, 0.15) is 11.9 Å². The quantitative estimate of drug-likeness (QED) is 0.340. The number of amides is 1. The average Bonchev–Trinajstić information content (AvgIpc) is 3.27. The summed E-state index contributed by atoms with van der Waals surface area (Å²) >= 11 is 6.16. The summed E-state index contributed by atoms with van der Waals surface area (Å²) in [6.07, 6.45) is 1.40. The lowest BCUT2D eigenvalue weighted by atomic mass is 10.3. The van der Waals surface area contributed by atoms with Gasteiger partial charge in [-0.2, -0.15) is 0 Å². The lowest BCUT2D eigenvalue weighted by Crippen LogP contribution is -2.53. The number of benzene rings is 1. The van der Waals surface area contributed by atoms with E-state index >= 15 is 0 Å². The molecule has 1 aliphatic heterocycles. The number of furan rings is 1. The lowest BCUT2D eigenvalue weighted by molar-refractivity contribution is 0.0657. The molecule has 0 spiro atoms. The number of aliphatic imine (C=N–C) groups is 1. The third kappa shape index (κ3) is 6.53. The minimum absolute atomic E-state index is 0. The average molecular weight is 547 g/mol. The van der Waals surface area contributed by atoms with E-state index in [1.54, 1.807) is 18.2 Å². The van der Waals surface area contributed by atoms with Crippen LogP contribution in [0.5, 0.6) is 5.75 Å². The standard InChI is InChI=1S/C21H27ClN4O3.HI/c1-3-23-21(24-15-16(2)29-18-8-5-4-7-17(18)22)26-12-10-25(11-13-26)20(27)19-9-6-14-28-19;/h4-9,14,16H,3,10-13,15H2,1-2H3,(H,23,24);1H. The van der Waals surface area contributed by atoms with Crippen LogP contribution in [0.1, 0.15) is 24.4 Å². The molecule has 1 unspecified atom stereocenters. The van der Waals surface area contributed by atoms with Crippen LogP contribution in [0.4, 0.5) is 0 Å². The molecule has 7 nitrogen and oxygen atoms in total. The highest BCUT2D eigenvalue weighted by Gasteiger charge is 2.25. The highest BCUT2D eigenvalue weighted by molar-refractivity contribution is 14.0. The van der Waals surface area contributed by atoms with E-state index in [1.165, 1.54) is 6.26 Å². The van der Waals surface area contributed by atoms with Crippen molar-refractivity contribution in [1.29, 1.82) is 0 Å². The predicted molar refractivity (Wildman–Crippen MR) is 129 cm³/mol. The van der Waals surface area contributed by atoms with Crippen molar-refractivity contribution in [3.8, 4) is 5.75 Å². The molecule has 1 saturated heterocycles. The van der Waals surface area contributed by atoms with Gasteiger partial charge in [-0.3, -0.25) is 4.79 Å². The number of carbonyl (C=O) groups is 1. The molecule has 1 atom stereocenters. The molecule has 1 aromatic heterocycles. The molecule has 9 heteroatoms. The largest absolute Gasteiger partial charge is 0.487 e. The minimum atomic E-state index is -0.120. The van der Waals surface area contributed by atoms with E-state index in [9.17, 15) is 4.79 Å². The first kappa shape index (κ1) is 24.3. The number of nitrogens with one attached hydrogen (secondary N) is 1. The summed E-state index contributed by atoms with van der Waals surface area (Å²) < 4.78 is 11.1. The van der Waals surface area contributed by atoms with Crippen molar-refractivity contribution in [1.82, 2.24) is 15.1 Å². The third-order valence-corrected chi connectivity index (χ3v) is 4.91. The van der Waals surface area contributed by atoms with Crippen molar-refractivity contribution in [2.24, 2.45) is 4.99 Å². The van der Waals surface area contributed by atoms with Gasteiger partial charge in [-0.05, 0) is 38.1 Å². The Labute approximate surface area is 199 Å². The number of guanidine groups is 1. The number of para-hydroxylation sites is 1. The van der Waals surface area contributed by atoms with E-state index in [-0.39, 0.29) is 36.0 Å². The fraction of sp³-hybridized carbons (Fsp3) is 0.429. The molecule has 0 saturated carbocycles. The van der Waals surface area contributed by atoms with E-state index in [0.29, 0.717) is 49.3 Å². The SMILES string of the molecule is CCNC(=NCC(C)Oc1ccccc1Cl)N1CCN(C(=O)c2ccco2)CC1.I. The van der Waals surface area contributed by atoms with Crippen LogP contribution in [0.15, 0.2) is 52.1 Å². The molecule has 0 aliphatic carbocycles. The molecular formula is C21H28ClIN4O3. The van der Waals surface area contributed by atoms with Crippen LogP contribution >= 0.6 is 35.6 Å². The van der Waals surface area contributed by atoms with Crippen LogP contribution in [0.25, 0.3) is 0 Å². The summed E-state index contributed by atoms with van der Waals surface area (Å²) in [6.45, 7) is 7.93. The van der Waals surface area contributed by atoms with Crippen molar-refractivity contribution >= 4 is 47.4 Å².